The van der Waals surface area contributed by atoms with Crippen LogP contribution >= 0.6 is 23.1 Å². The van der Waals surface area contributed by atoms with E-state index in [2.05, 4.69) is 83.8 Å². The summed E-state index contributed by atoms with van der Waals surface area (Å²) in [6.07, 6.45) is 29.7. The zero-order chi connectivity index (χ0) is 38.0. The third-order valence-electron chi connectivity index (χ3n) is 10.8. The van der Waals surface area contributed by atoms with Gasteiger partial charge in [0, 0.05) is 46.7 Å². The van der Waals surface area contributed by atoms with Crippen molar-refractivity contribution >= 4 is 56.7 Å². The highest BCUT2D eigenvalue weighted by molar-refractivity contribution is 8.03. The second-order valence-electron chi connectivity index (χ2n) is 14.9. The Morgan fingerprint density at radius 2 is 1.33 bits per heavy atom. The Hall–Kier alpha value is -3.69. The number of carbonyl (C=O) groups is 1. The number of hydrogen-bond donors (Lipinski definition) is 1. The van der Waals surface area contributed by atoms with Crippen LogP contribution in [0.1, 0.15) is 147 Å². The number of fused-ring (bicyclic) bond motifs is 2. The lowest BCUT2D eigenvalue weighted by Gasteiger charge is -2.25. The Balaban J connectivity index is 1.31. The Morgan fingerprint density at radius 3 is 1.96 bits per heavy atom. The van der Waals surface area contributed by atoms with E-state index in [4.69, 9.17) is 5.41 Å². The first-order valence-electron chi connectivity index (χ1n) is 21.0. The molecule has 0 atom stereocenters. The number of allylic oxidation sites excluding steroid dienone is 5. The predicted molar refractivity (Wildman–Crippen MR) is 230 cm³/mol. The van der Waals surface area contributed by atoms with Crippen molar-refractivity contribution in [1.82, 2.24) is 0 Å². The topological polar surface area (TPSA) is 71.8 Å². The number of benzene rings is 2. The van der Waals surface area contributed by atoms with Crippen molar-refractivity contribution in [3.8, 4) is 6.07 Å². The number of carbonyl (C=O) groups excluding carboxylic acids is 1. The largest absolute Gasteiger partial charge is 0.335 e. The number of Topliss-reactive ketones (excluding diaryl/α,β-unsaturated/α-hetero) is 1. The number of aryl methyl sites for hydroxylation is 1. The molecule has 0 bridgehead atoms. The molecule has 1 aromatic heterocycles. The number of ketones is 1. The molecular weight excluding hydrogens is 701 g/mol. The summed E-state index contributed by atoms with van der Waals surface area (Å²) >= 11 is 3.37. The predicted octanol–water partition coefficient (Wildman–Crippen LogP) is 13.4. The lowest BCUT2D eigenvalue weighted by molar-refractivity contribution is -0.669. The summed E-state index contributed by atoms with van der Waals surface area (Å²) in [7, 11) is 0. The number of hydrogen-bond acceptors (Lipinski definition) is 6. The summed E-state index contributed by atoms with van der Waals surface area (Å²) < 4.78 is 3.53. The van der Waals surface area contributed by atoms with Crippen molar-refractivity contribution < 1.29 is 9.36 Å². The Morgan fingerprint density at radius 1 is 0.759 bits per heavy atom. The van der Waals surface area contributed by atoms with E-state index in [0.717, 1.165) is 36.0 Å². The summed E-state index contributed by atoms with van der Waals surface area (Å²) in [4.78, 5) is 17.6. The van der Waals surface area contributed by atoms with E-state index in [1.54, 1.807) is 23.1 Å². The molecule has 0 saturated carbocycles. The van der Waals surface area contributed by atoms with Gasteiger partial charge in [-0.05, 0) is 43.0 Å². The minimum atomic E-state index is -0.0705. The maximum Gasteiger partial charge on any atom is 0.263 e. The molecule has 286 valence electrons. The molecule has 5 nitrogen and oxygen atoms in total. The van der Waals surface area contributed by atoms with E-state index in [9.17, 15) is 10.1 Å². The first-order valence-corrected chi connectivity index (χ1v) is 22.6. The van der Waals surface area contributed by atoms with Gasteiger partial charge in [-0.15, -0.1) is 0 Å². The van der Waals surface area contributed by atoms with Gasteiger partial charge in [0.1, 0.15) is 16.3 Å². The number of rotatable bonds is 25. The van der Waals surface area contributed by atoms with E-state index in [1.807, 2.05) is 12.2 Å². The van der Waals surface area contributed by atoms with Crippen LogP contribution in [0.3, 0.4) is 0 Å². The van der Waals surface area contributed by atoms with Crippen LogP contribution in [0.2, 0.25) is 0 Å². The minimum absolute atomic E-state index is 0.0705. The van der Waals surface area contributed by atoms with Crippen molar-refractivity contribution in [2.45, 2.75) is 154 Å². The molecule has 2 heterocycles. The number of anilines is 1. The minimum Gasteiger partial charge on any atom is -0.335 e. The second-order valence-corrected chi connectivity index (χ2v) is 17.0. The zero-order valence-corrected chi connectivity index (χ0v) is 34.5. The third kappa shape index (κ3) is 11.2. The van der Waals surface area contributed by atoms with E-state index < -0.39 is 0 Å². The fourth-order valence-corrected chi connectivity index (χ4v) is 9.95. The number of aromatic nitrogens is 1. The Bertz CT molecular complexity index is 1890. The second kappa shape index (κ2) is 22.6. The molecule has 0 fully saturated rings. The van der Waals surface area contributed by atoms with Crippen molar-refractivity contribution in [1.29, 1.82) is 10.7 Å². The summed E-state index contributed by atoms with van der Waals surface area (Å²) in [5, 5.41) is 20.1. The Labute approximate surface area is 333 Å². The molecule has 0 radical (unpaired) electrons. The fraction of sp³-hybridized carbons (Fsp3) is 0.511. The van der Waals surface area contributed by atoms with Crippen LogP contribution in [0.4, 0.5) is 5.69 Å². The SMILES string of the molecule is CCCCCCCCCCCCN1C(=CC2=C(C(=C=N)C#N)C(=Cc3sc4ccccc4[n+]3CCCCCCCCCCCC)C2=O)Sc2ccccc21. The van der Waals surface area contributed by atoms with Gasteiger partial charge in [0.05, 0.1) is 10.7 Å². The average Bonchev–Trinajstić information content (AvgIpc) is 3.73. The Kier molecular flexibility index (Phi) is 17.4. The number of nitriles is 1. The van der Waals surface area contributed by atoms with Crippen LogP contribution in [0, 0.1) is 16.7 Å². The highest BCUT2D eigenvalue weighted by Crippen LogP contribution is 2.48. The molecule has 1 aliphatic heterocycles. The molecule has 1 N–H and O–H groups in total. The van der Waals surface area contributed by atoms with Gasteiger partial charge in [0.25, 0.3) is 5.01 Å². The van der Waals surface area contributed by atoms with Crippen LogP contribution in [-0.2, 0) is 11.3 Å². The standard InChI is InChI=1S/C47H61N4OS2/c1-3-5-7-9-11-13-15-17-19-25-31-50-40-27-21-23-29-42(40)53-44(50)33-38-46(37(35-48)36-49)39(47(38)52)34-45-51(41-28-22-24-30-43(41)54-45)32-26-20-18-16-14-12-10-8-6-4-2/h21-24,27-30,33-34,48H,3-20,25-26,31-32H2,1-2H3/q+1. The van der Waals surface area contributed by atoms with Crippen LogP contribution in [0.5, 0.6) is 0 Å². The summed E-state index contributed by atoms with van der Waals surface area (Å²) in [5.74, 6) is 2.29. The van der Waals surface area contributed by atoms with Crippen molar-refractivity contribution in [3.63, 3.8) is 0 Å². The van der Waals surface area contributed by atoms with Crippen LogP contribution < -0.4 is 9.47 Å². The summed E-state index contributed by atoms with van der Waals surface area (Å²) in [6, 6.07) is 19.1. The van der Waals surface area contributed by atoms with E-state index in [0.29, 0.717) is 16.7 Å². The maximum absolute atomic E-state index is 14.1. The maximum atomic E-state index is 14.1. The van der Waals surface area contributed by atoms with E-state index in [-0.39, 0.29) is 11.4 Å². The van der Waals surface area contributed by atoms with Gasteiger partial charge < -0.3 is 4.90 Å². The quantitative estimate of drug-likeness (QED) is 0.0307. The van der Waals surface area contributed by atoms with E-state index >= 15 is 0 Å². The average molecular weight is 762 g/mol. The third-order valence-corrected chi connectivity index (χ3v) is 13.0. The number of unbranched alkanes of at least 4 members (excludes halogenated alkanes) is 18. The molecule has 1 aliphatic carbocycles. The molecule has 0 unspecified atom stereocenters. The lowest BCUT2D eigenvalue weighted by Crippen LogP contribution is -2.35. The van der Waals surface area contributed by atoms with Crippen LogP contribution in [0.15, 0.2) is 86.8 Å². The van der Waals surface area contributed by atoms with Gasteiger partial charge in [-0.2, -0.15) is 9.83 Å². The molecule has 5 rings (SSSR count). The van der Waals surface area contributed by atoms with Gasteiger partial charge in [-0.25, -0.2) is 0 Å². The number of para-hydroxylation sites is 2. The van der Waals surface area contributed by atoms with Gasteiger partial charge in [-0.3, -0.25) is 10.2 Å². The number of nitrogens with zero attached hydrogens (tertiary/aromatic N) is 3. The van der Waals surface area contributed by atoms with Gasteiger partial charge in [0.2, 0.25) is 5.52 Å². The molecule has 3 aromatic rings. The number of thiazole rings is 1. The molecule has 0 spiro atoms. The number of thioether (sulfide) groups is 1. The molecule has 54 heavy (non-hydrogen) atoms. The molecule has 2 aromatic carbocycles. The molecule has 2 aliphatic rings. The number of nitrogens with one attached hydrogen (secondary N) is 1. The monoisotopic (exact) mass is 761 g/mol. The molecular formula is C47H61N4OS2+. The lowest BCUT2D eigenvalue weighted by atomic mass is 9.77. The van der Waals surface area contributed by atoms with E-state index in [1.165, 1.54) is 136 Å². The van der Waals surface area contributed by atoms with Crippen LogP contribution in [0.25, 0.3) is 16.3 Å². The summed E-state index contributed by atoms with van der Waals surface area (Å²) in [5.41, 5.74) is 4.01. The van der Waals surface area contributed by atoms with Crippen molar-refractivity contribution in [3.05, 3.63) is 86.9 Å². The molecule has 7 heteroatoms. The molecule has 0 amide bonds. The zero-order valence-electron chi connectivity index (χ0n) is 32.9. The normalized spacial score (nSPS) is 15.3. The van der Waals surface area contributed by atoms with Crippen molar-refractivity contribution in [2.75, 3.05) is 11.4 Å². The first kappa shape index (κ1) is 41.5. The highest BCUT2D eigenvalue weighted by atomic mass is 32.2. The van der Waals surface area contributed by atoms with Crippen molar-refractivity contribution in [2.24, 2.45) is 0 Å². The smallest absolute Gasteiger partial charge is 0.263 e. The summed E-state index contributed by atoms with van der Waals surface area (Å²) in [6.45, 7) is 6.31. The van der Waals surface area contributed by atoms with Gasteiger partial charge in [-0.1, -0.05) is 170 Å². The molecule has 0 saturated heterocycles. The van der Waals surface area contributed by atoms with Gasteiger partial charge in [0.15, 0.2) is 12.3 Å². The fourth-order valence-electron chi connectivity index (χ4n) is 7.69. The van der Waals surface area contributed by atoms with Gasteiger partial charge >= 0.3 is 0 Å². The first-order chi connectivity index (χ1) is 26.6. The van der Waals surface area contributed by atoms with Crippen LogP contribution in [-0.4, -0.2) is 18.2 Å². The highest BCUT2D eigenvalue weighted by Gasteiger charge is 2.38.